The van der Waals surface area contributed by atoms with Crippen molar-refractivity contribution in [1.82, 2.24) is 0 Å². The summed E-state index contributed by atoms with van der Waals surface area (Å²) in [6.07, 6.45) is 1.09. The third-order valence-corrected chi connectivity index (χ3v) is 2.96. The lowest BCUT2D eigenvalue weighted by atomic mass is 9.80. The van der Waals surface area contributed by atoms with Crippen LogP contribution in [-0.4, -0.2) is 6.61 Å². The third-order valence-electron chi connectivity index (χ3n) is 2.68. The second-order valence-electron chi connectivity index (χ2n) is 4.16. The Morgan fingerprint density at radius 2 is 2.15 bits per heavy atom. The molecule has 0 fully saturated rings. The highest BCUT2D eigenvalue weighted by molar-refractivity contribution is 7.80. The highest BCUT2D eigenvalue weighted by Crippen LogP contribution is 2.38. The van der Waals surface area contributed by atoms with Gasteiger partial charge in [-0.1, -0.05) is 19.9 Å². The predicted octanol–water partition coefficient (Wildman–Crippen LogP) is 3.04. The van der Waals surface area contributed by atoms with Crippen LogP contribution in [0, 0.1) is 0 Å². The first-order chi connectivity index (χ1) is 6.09. The second kappa shape index (κ2) is 2.95. The zero-order valence-corrected chi connectivity index (χ0v) is 8.90. The van der Waals surface area contributed by atoms with Gasteiger partial charge in [0, 0.05) is 4.90 Å². The van der Waals surface area contributed by atoms with E-state index in [0.29, 0.717) is 0 Å². The standard InChI is InChI=1S/C11H14OS/c1-11(2)5-6-12-10-7-8(13)3-4-9(10)11/h3-4,7,13H,5-6H2,1-2H3. The summed E-state index contributed by atoms with van der Waals surface area (Å²) < 4.78 is 5.59. The van der Waals surface area contributed by atoms with Crippen LogP contribution >= 0.6 is 12.6 Å². The fraction of sp³-hybridized carbons (Fsp3) is 0.455. The van der Waals surface area contributed by atoms with E-state index in [-0.39, 0.29) is 5.41 Å². The molecule has 0 radical (unpaired) electrons. The van der Waals surface area contributed by atoms with Crippen molar-refractivity contribution in [2.75, 3.05) is 6.61 Å². The summed E-state index contributed by atoms with van der Waals surface area (Å²) in [5.74, 6) is 1.00. The van der Waals surface area contributed by atoms with Gasteiger partial charge in [-0.05, 0) is 29.5 Å². The number of ether oxygens (including phenoxy) is 1. The van der Waals surface area contributed by atoms with Crippen LogP contribution in [0.4, 0.5) is 0 Å². The van der Waals surface area contributed by atoms with Crippen LogP contribution in [0.2, 0.25) is 0 Å². The van der Waals surface area contributed by atoms with Crippen molar-refractivity contribution in [2.24, 2.45) is 0 Å². The number of fused-ring (bicyclic) bond motifs is 1. The molecule has 13 heavy (non-hydrogen) atoms. The van der Waals surface area contributed by atoms with Crippen LogP contribution in [0.5, 0.6) is 5.75 Å². The fourth-order valence-corrected chi connectivity index (χ4v) is 1.93. The molecular weight excluding hydrogens is 180 g/mol. The lowest BCUT2D eigenvalue weighted by molar-refractivity contribution is 0.233. The van der Waals surface area contributed by atoms with E-state index < -0.39 is 0 Å². The highest BCUT2D eigenvalue weighted by atomic mass is 32.1. The van der Waals surface area contributed by atoms with Crippen molar-refractivity contribution < 1.29 is 4.74 Å². The van der Waals surface area contributed by atoms with E-state index in [1.807, 2.05) is 12.1 Å². The van der Waals surface area contributed by atoms with Gasteiger partial charge in [-0.2, -0.15) is 0 Å². The summed E-state index contributed by atoms with van der Waals surface area (Å²) >= 11 is 4.30. The van der Waals surface area contributed by atoms with Gasteiger partial charge in [0.15, 0.2) is 0 Å². The van der Waals surface area contributed by atoms with Crippen molar-refractivity contribution in [2.45, 2.75) is 30.6 Å². The van der Waals surface area contributed by atoms with E-state index in [4.69, 9.17) is 4.74 Å². The number of rotatable bonds is 0. The Bertz CT molecular complexity index is 331. The molecule has 70 valence electrons. The minimum atomic E-state index is 0.245. The van der Waals surface area contributed by atoms with Gasteiger partial charge in [-0.15, -0.1) is 12.6 Å². The SMILES string of the molecule is CC1(C)CCOc2cc(S)ccc21. The second-order valence-corrected chi connectivity index (χ2v) is 4.68. The van der Waals surface area contributed by atoms with Gasteiger partial charge in [0.1, 0.15) is 5.75 Å². The molecule has 0 aliphatic carbocycles. The van der Waals surface area contributed by atoms with E-state index >= 15 is 0 Å². The third kappa shape index (κ3) is 1.55. The molecule has 2 rings (SSSR count). The zero-order chi connectivity index (χ0) is 9.47. The Balaban J connectivity index is 2.53. The molecule has 1 heterocycles. The molecule has 1 aliphatic heterocycles. The van der Waals surface area contributed by atoms with E-state index in [2.05, 4.69) is 32.5 Å². The molecule has 1 aliphatic rings. The molecule has 0 aromatic heterocycles. The minimum Gasteiger partial charge on any atom is -0.493 e. The van der Waals surface area contributed by atoms with Crippen LogP contribution in [0.25, 0.3) is 0 Å². The van der Waals surface area contributed by atoms with Crippen LogP contribution in [-0.2, 0) is 5.41 Å². The lowest BCUT2D eigenvalue weighted by Crippen LogP contribution is -2.26. The Kier molecular flexibility index (Phi) is 2.03. The van der Waals surface area contributed by atoms with Gasteiger partial charge >= 0.3 is 0 Å². The first kappa shape index (κ1) is 8.95. The maximum Gasteiger partial charge on any atom is 0.124 e. The highest BCUT2D eigenvalue weighted by Gasteiger charge is 2.28. The molecule has 1 nitrogen and oxygen atoms in total. The molecule has 0 amide bonds. The minimum absolute atomic E-state index is 0.245. The van der Waals surface area contributed by atoms with Gasteiger partial charge in [0.25, 0.3) is 0 Å². The maximum atomic E-state index is 5.59. The molecular formula is C11H14OS. The molecule has 0 atom stereocenters. The summed E-state index contributed by atoms with van der Waals surface area (Å²) in [4.78, 5) is 0.969. The molecule has 0 saturated heterocycles. The summed E-state index contributed by atoms with van der Waals surface area (Å²) in [5.41, 5.74) is 1.55. The normalized spacial score (nSPS) is 19.0. The lowest BCUT2D eigenvalue weighted by Gasteiger charge is -2.32. The molecule has 0 spiro atoms. The molecule has 0 bridgehead atoms. The smallest absolute Gasteiger partial charge is 0.124 e. The Morgan fingerprint density at radius 1 is 1.38 bits per heavy atom. The van der Waals surface area contributed by atoms with Crippen LogP contribution in [0.1, 0.15) is 25.8 Å². The van der Waals surface area contributed by atoms with E-state index in [9.17, 15) is 0 Å². The Hall–Kier alpha value is -0.630. The molecule has 0 N–H and O–H groups in total. The molecule has 0 unspecified atom stereocenters. The maximum absolute atomic E-state index is 5.59. The van der Waals surface area contributed by atoms with Crippen LogP contribution < -0.4 is 4.74 Å². The van der Waals surface area contributed by atoms with E-state index in [1.54, 1.807) is 0 Å². The molecule has 2 heteroatoms. The summed E-state index contributed by atoms with van der Waals surface area (Å²) in [6.45, 7) is 5.33. The molecule has 1 aromatic carbocycles. The number of hydrogen-bond acceptors (Lipinski definition) is 2. The van der Waals surface area contributed by atoms with Crippen LogP contribution in [0.3, 0.4) is 0 Å². The average molecular weight is 194 g/mol. The van der Waals surface area contributed by atoms with Gasteiger partial charge < -0.3 is 4.74 Å². The van der Waals surface area contributed by atoms with E-state index in [1.165, 1.54) is 5.56 Å². The average Bonchev–Trinajstić information content (AvgIpc) is 2.02. The fourth-order valence-electron chi connectivity index (χ4n) is 1.74. The van der Waals surface area contributed by atoms with Crippen molar-refractivity contribution >= 4 is 12.6 Å². The summed E-state index contributed by atoms with van der Waals surface area (Å²) in [7, 11) is 0. The van der Waals surface area contributed by atoms with Gasteiger partial charge in [0.2, 0.25) is 0 Å². The monoisotopic (exact) mass is 194 g/mol. The van der Waals surface area contributed by atoms with Gasteiger partial charge in [-0.25, -0.2) is 0 Å². The first-order valence-electron chi connectivity index (χ1n) is 4.56. The Labute approximate surface area is 84.5 Å². The van der Waals surface area contributed by atoms with Gasteiger partial charge in [0.05, 0.1) is 6.61 Å². The van der Waals surface area contributed by atoms with Crippen molar-refractivity contribution in [3.8, 4) is 5.75 Å². The summed E-state index contributed by atoms with van der Waals surface area (Å²) in [5, 5.41) is 0. The van der Waals surface area contributed by atoms with Crippen molar-refractivity contribution in [1.29, 1.82) is 0 Å². The van der Waals surface area contributed by atoms with Gasteiger partial charge in [-0.3, -0.25) is 0 Å². The number of benzene rings is 1. The van der Waals surface area contributed by atoms with Crippen molar-refractivity contribution in [3.63, 3.8) is 0 Å². The predicted molar refractivity (Wildman–Crippen MR) is 56.8 cm³/mol. The zero-order valence-electron chi connectivity index (χ0n) is 8.00. The van der Waals surface area contributed by atoms with Crippen LogP contribution in [0.15, 0.2) is 23.1 Å². The quantitative estimate of drug-likeness (QED) is 0.625. The number of thiol groups is 1. The number of hydrogen-bond donors (Lipinski definition) is 1. The largest absolute Gasteiger partial charge is 0.493 e. The van der Waals surface area contributed by atoms with E-state index in [0.717, 1.165) is 23.7 Å². The molecule has 0 saturated carbocycles. The van der Waals surface area contributed by atoms with Crippen molar-refractivity contribution in [3.05, 3.63) is 23.8 Å². The Morgan fingerprint density at radius 3 is 2.92 bits per heavy atom. The first-order valence-corrected chi connectivity index (χ1v) is 5.01. The summed E-state index contributed by atoms with van der Waals surface area (Å²) in [6, 6.07) is 6.15. The molecule has 1 aromatic rings. The topological polar surface area (TPSA) is 9.23 Å².